The normalized spacial score (nSPS) is 15.2. The van der Waals surface area contributed by atoms with Crippen LogP contribution in [0, 0.1) is 0 Å². The van der Waals surface area contributed by atoms with E-state index in [1.165, 1.54) is 55.6 Å². The van der Waals surface area contributed by atoms with Crippen LogP contribution in [-0.2, 0) is 16.2 Å². The number of hydrogen-bond acceptors (Lipinski definition) is 0. The lowest BCUT2D eigenvalue weighted by Crippen LogP contribution is -2.27. The molecule has 0 saturated carbocycles. The third-order valence-corrected chi connectivity index (χ3v) is 7.82. The molecule has 0 radical (unpaired) electrons. The predicted molar refractivity (Wildman–Crippen MR) is 140 cm³/mol. The Morgan fingerprint density at radius 1 is 0.424 bits per heavy atom. The van der Waals surface area contributed by atoms with Crippen LogP contribution < -0.4 is 0 Å². The number of fused-ring (bicyclic) bond motifs is 10. The maximum absolute atomic E-state index is 2.50. The molecule has 0 fully saturated rings. The molecule has 33 heavy (non-hydrogen) atoms. The zero-order chi connectivity index (χ0) is 23.2. The second kappa shape index (κ2) is 6.48. The van der Waals surface area contributed by atoms with Crippen molar-refractivity contribution in [1.29, 1.82) is 0 Å². The van der Waals surface area contributed by atoms with Gasteiger partial charge in [-0.1, -0.05) is 126 Å². The fourth-order valence-electron chi connectivity index (χ4n) is 6.07. The first-order valence-electron chi connectivity index (χ1n) is 12.1. The molecule has 0 amide bonds. The topological polar surface area (TPSA) is 0 Å². The van der Waals surface area contributed by atoms with Crippen molar-refractivity contribution >= 4 is 0 Å². The Morgan fingerprint density at radius 3 is 1.18 bits per heavy atom. The first-order valence-corrected chi connectivity index (χ1v) is 12.1. The molecule has 0 heteroatoms. The van der Waals surface area contributed by atoms with Crippen LogP contribution in [0.25, 0.3) is 22.3 Å². The highest BCUT2D eigenvalue weighted by Crippen LogP contribution is 2.63. The van der Waals surface area contributed by atoms with E-state index in [1.54, 1.807) is 0 Å². The van der Waals surface area contributed by atoms with Crippen LogP contribution in [0.15, 0.2) is 84.9 Å². The monoisotopic (exact) mass is 428 g/mol. The molecule has 0 atom stereocenters. The Balaban J connectivity index is 1.80. The van der Waals surface area contributed by atoms with Gasteiger partial charge in [-0.15, -0.1) is 0 Å². The smallest absolute Gasteiger partial charge is 0.0619 e. The van der Waals surface area contributed by atoms with Crippen LogP contribution in [0.2, 0.25) is 0 Å². The summed E-state index contributed by atoms with van der Waals surface area (Å²) in [4.78, 5) is 0. The highest BCUT2D eigenvalue weighted by molar-refractivity contribution is 5.95. The van der Waals surface area contributed by atoms with E-state index >= 15 is 0 Å². The first-order chi connectivity index (χ1) is 15.6. The average Bonchev–Trinajstić information content (AvgIpc) is 3.24. The third kappa shape index (κ3) is 2.64. The lowest BCUT2D eigenvalue weighted by atomic mass is 9.69. The minimum atomic E-state index is -0.264. The summed E-state index contributed by atoms with van der Waals surface area (Å²) >= 11 is 0. The van der Waals surface area contributed by atoms with Gasteiger partial charge in [0.15, 0.2) is 0 Å². The molecule has 0 N–H and O–H groups in total. The largest absolute Gasteiger partial charge is 0.0725 e. The molecule has 4 aromatic rings. The Kier molecular flexibility index (Phi) is 4.02. The van der Waals surface area contributed by atoms with Gasteiger partial charge in [0.05, 0.1) is 5.41 Å². The molecule has 0 nitrogen and oxygen atoms in total. The standard InChI is InChI=1S/C33H32/c1-31(2,3)21-15-17-25-23-11-7-9-13-27(23)33(29(25)19-21)28-14-10-8-12-24(28)26-18-16-22(20-30(26)33)32(4,5)6/h7-20H,1-6H3. The van der Waals surface area contributed by atoms with Crippen LogP contribution in [-0.4, -0.2) is 0 Å². The highest BCUT2D eigenvalue weighted by atomic mass is 14.5. The lowest BCUT2D eigenvalue weighted by Gasteiger charge is -2.32. The molecular weight excluding hydrogens is 396 g/mol. The Labute approximate surface area is 198 Å². The molecule has 0 saturated heterocycles. The molecule has 0 aromatic heterocycles. The minimum Gasteiger partial charge on any atom is -0.0619 e. The van der Waals surface area contributed by atoms with Gasteiger partial charge < -0.3 is 0 Å². The number of rotatable bonds is 0. The molecule has 2 aliphatic rings. The Hall–Kier alpha value is -3.12. The van der Waals surface area contributed by atoms with Gasteiger partial charge in [-0.05, 0) is 66.5 Å². The molecule has 0 unspecified atom stereocenters. The Morgan fingerprint density at radius 2 is 0.788 bits per heavy atom. The van der Waals surface area contributed by atoms with Gasteiger partial charge in [-0.2, -0.15) is 0 Å². The van der Waals surface area contributed by atoms with Crippen molar-refractivity contribution < 1.29 is 0 Å². The van der Waals surface area contributed by atoms with Crippen LogP contribution in [0.1, 0.15) is 74.9 Å². The van der Waals surface area contributed by atoms with Crippen LogP contribution in [0.5, 0.6) is 0 Å². The van der Waals surface area contributed by atoms with Crippen molar-refractivity contribution in [2.24, 2.45) is 0 Å². The molecule has 0 aliphatic heterocycles. The maximum atomic E-state index is 2.50. The van der Waals surface area contributed by atoms with Crippen LogP contribution >= 0.6 is 0 Å². The van der Waals surface area contributed by atoms with Gasteiger partial charge in [0.25, 0.3) is 0 Å². The van der Waals surface area contributed by atoms with Gasteiger partial charge >= 0.3 is 0 Å². The van der Waals surface area contributed by atoms with Crippen molar-refractivity contribution in [3.05, 3.63) is 118 Å². The van der Waals surface area contributed by atoms with E-state index in [0.717, 1.165) is 0 Å². The van der Waals surface area contributed by atoms with Crippen LogP contribution in [0.3, 0.4) is 0 Å². The summed E-state index contributed by atoms with van der Waals surface area (Å²) in [5, 5.41) is 0. The minimum absolute atomic E-state index is 0.0964. The van der Waals surface area contributed by atoms with Gasteiger partial charge in [-0.3, -0.25) is 0 Å². The van der Waals surface area contributed by atoms with E-state index in [9.17, 15) is 0 Å². The number of hydrogen-bond donors (Lipinski definition) is 0. The summed E-state index contributed by atoms with van der Waals surface area (Å²) in [6.07, 6.45) is 0. The van der Waals surface area contributed by atoms with E-state index in [-0.39, 0.29) is 16.2 Å². The molecule has 1 spiro atoms. The van der Waals surface area contributed by atoms with E-state index in [0.29, 0.717) is 0 Å². The van der Waals surface area contributed by atoms with Crippen molar-refractivity contribution in [2.45, 2.75) is 57.8 Å². The molecule has 2 aliphatic carbocycles. The van der Waals surface area contributed by atoms with E-state index in [1.807, 2.05) is 0 Å². The molecule has 0 heterocycles. The average molecular weight is 429 g/mol. The summed E-state index contributed by atoms with van der Waals surface area (Å²) in [5.74, 6) is 0. The van der Waals surface area contributed by atoms with Crippen molar-refractivity contribution in [3.63, 3.8) is 0 Å². The van der Waals surface area contributed by atoms with E-state index in [4.69, 9.17) is 0 Å². The fourth-order valence-corrected chi connectivity index (χ4v) is 6.07. The van der Waals surface area contributed by atoms with Crippen molar-refractivity contribution in [2.75, 3.05) is 0 Å². The predicted octanol–water partition coefficient (Wildman–Crippen LogP) is 8.63. The maximum Gasteiger partial charge on any atom is 0.0725 e. The Bertz CT molecular complexity index is 1310. The highest BCUT2D eigenvalue weighted by Gasteiger charge is 2.52. The van der Waals surface area contributed by atoms with E-state index in [2.05, 4.69) is 126 Å². The third-order valence-electron chi connectivity index (χ3n) is 7.82. The van der Waals surface area contributed by atoms with Crippen molar-refractivity contribution in [1.82, 2.24) is 0 Å². The number of benzene rings is 4. The SMILES string of the molecule is CC(C)(C)c1ccc2c(c1)C1(c3ccccc3-2)c2ccccc2-c2ccc(C(C)(C)C)cc21. The molecule has 0 bridgehead atoms. The molecular formula is C33H32. The fraction of sp³-hybridized carbons (Fsp3) is 0.273. The summed E-state index contributed by atoms with van der Waals surface area (Å²) in [7, 11) is 0. The molecule has 4 aromatic carbocycles. The van der Waals surface area contributed by atoms with E-state index < -0.39 is 0 Å². The second-order valence-electron chi connectivity index (χ2n) is 11.9. The zero-order valence-corrected chi connectivity index (χ0v) is 20.6. The first kappa shape index (κ1) is 20.5. The summed E-state index contributed by atoms with van der Waals surface area (Å²) < 4.78 is 0. The van der Waals surface area contributed by atoms with Gasteiger partial charge in [-0.25, -0.2) is 0 Å². The second-order valence-corrected chi connectivity index (χ2v) is 11.9. The van der Waals surface area contributed by atoms with Gasteiger partial charge in [0, 0.05) is 0 Å². The summed E-state index contributed by atoms with van der Waals surface area (Å²) in [5.41, 5.74) is 13.9. The summed E-state index contributed by atoms with van der Waals surface area (Å²) in [6, 6.07) is 32.6. The molecule has 164 valence electrons. The molecule has 6 rings (SSSR count). The van der Waals surface area contributed by atoms with Gasteiger partial charge in [0.1, 0.15) is 0 Å². The quantitative estimate of drug-likeness (QED) is 0.227. The van der Waals surface area contributed by atoms with Gasteiger partial charge in [0.2, 0.25) is 0 Å². The summed E-state index contributed by atoms with van der Waals surface area (Å²) in [6.45, 7) is 13.9. The van der Waals surface area contributed by atoms with Crippen molar-refractivity contribution in [3.8, 4) is 22.3 Å². The van der Waals surface area contributed by atoms with Crippen LogP contribution in [0.4, 0.5) is 0 Å². The zero-order valence-electron chi connectivity index (χ0n) is 20.6. The lowest BCUT2D eigenvalue weighted by molar-refractivity contribution is 0.586.